The molecule has 0 radical (unpaired) electrons. The molecule has 1 saturated carbocycles. The standard InChI is InChI=1S/C22H36N2O2/c25-22(18-26-17-20-9-5-2-6-10-20)15-23-21-11-13-24(14-12-21)16-19-7-3-1-4-8-19/h1,3-4,7-8,20-23,25H,2,5-6,9-18H2. The average Bonchev–Trinajstić information content (AvgIpc) is 2.69. The van der Waals surface area contributed by atoms with Crippen molar-refractivity contribution in [2.24, 2.45) is 5.92 Å². The monoisotopic (exact) mass is 360 g/mol. The van der Waals surface area contributed by atoms with Gasteiger partial charge in [0.05, 0.1) is 12.7 Å². The van der Waals surface area contributed by atoms with Gasteiger partial charge in [0.15, 0.2) is 0 Å². The lowest BCUT2D eigenvalue weighted by molar-refractivity contribution is 0.0139. The fourth-order valence-corrected chi connectivity index (χ4v) is 4.22. The number of nitrogens with one attached hydrogen (secondary N) is 1. The number of likely N-dealkylation sites (tertiary alicyclic amines) is 1. The van der Waals surface area contributed by atoms with Crippen LogP contribution in [0.5, 0.6) is 0 Å². The minimum Gasteiger partial charge on any atom is -0.389 e. The molecule has 0 aromatic heterocycles. The average molecular weight is 361 g/mol. The summed E-state index contributed by atoms with van der Waals surface area (Å²) in [7, 11) is 0. The number of hydrogen-bond donors (Lipinski definition) is 2. The Morgan fingerprint density at radius 3 is 2.50 bits per heavy atom. The van der Waals surface area contributed by atoms with Gasteiger partial charge in [0.25, 0.3) is 0 Å². The van der Waals surface area contributed by atoms with Crippen LogP contribution in [0, 0.1) is 5.92 Å². The van der Waals surface area contributed by atoms with Crippen molar-refractivity contribution in [3.8, 4) is 0 Å². The molecule has 1 aliphatic heterocycles. The van der Waals surface area contributed by atoms with Crippen LogP contribution >= 0.6 is 0 Å². The number of piperidine rings is 1. The molecule has 3 rings (SSSR count). The molecule has 1 atom stereocenters. The molecule has 146 valence electrons. The summed E-state index contributed by atoms with van der Waals surface area (Å²) in [6.07, 6.45) is 8.60. The van der Waals surface area contributed by atoms with Crippen LogP contribution in [-0.2, 0) is 11.3 Å². The van der Waals surface area contributed by atoms with Gasteiger partial charge < -0.3 is 15.2 Å². The zero-order chi connectivity index (χ0) is 18.0. The molecule has 2 aliphatic rings. The molecular weight excluding hydrogens is 324 g/mol. The normalized spacial score (nSPS) is 21.7. The molecule has 1 aromatic carbocycles. The molecule has 1 aromatic rings. The fourth-order valence-electron chi connectivity index (χ4n) is 4.22. The first-order chi connectivity index (χ1) is 12.8. The highest BCUT2D eigenvalue weighted by Crippen LogP contribution is 2.23. The number of nitrogens with zero attached hydrogens (tertiary/aromatic N) is 1. The zero-order valence-electron chi connectivity index (χ0n) is 16.1. The Kier molecular flexibility index (Phi) is 8.40. The van der Waals surface area contributed by atoms with E-state index >= 15 is 0 Å². The Bertz CT molecular complexity index is 482. The van der Waals surface area contributed by atoms with Crippen molar-refractivity contribution in [2.75, 3.05) is 32.8 Å². The summed E-state index contributed by atoms with van der Waals surface area (Å²) in [6.45, 7) is 5.24. The summed E-state index contributed by atoms with van der Waals surface area (Å²) in [5.74, 6) is 0.720. The van der Waals surface area contributed by atoms with Gasteiger partial charge in [-0.05, 0) is 50.3 Å². The molecule has 4 nitrogen and oxygen atoms in total. The minimum atomic E-state index is -0.388. The van der Waals surface area contributed by atoms with E-state index in [1.165, 1.54) is 37.7 Å². The molecular formula is C22H36N2O2. The molecule has 1 unspecified atom stereocenters. The van der Waals surface area contributed by atoms with Crippen LogP contribution in [0.4, 0.5) is 0 Å². The van der Waals surface area contributed by atoms with Crippen molar-refractivity contribution >= 4 is 0 Å². The van der Waals surface area contributed by atoms with Crippen LogP contribution in [0.1, 0.15) is 50.5 Å². The van der Waals surface area contributed by atoms with Crippen LogP contribution in [-0.4, -0.2) is 55.0 Å². The van der Waals surface area contributed by atoms with Crippen molar-refractivity contribution in [3.05, 3.63) is 35.9 Å². The van der Waals surface area contributed by atoms with E-state index in [1.54, 1.807) is 0 Å². The largest absolute Gasteiger partial charge is 0.389 e. The number of aliphatic hydroxyl groups excluding tert-OH is 1. The molecule has 1 heterocycles. The third-order valence-electron chi connectivity index (χ3n) is 5.87. The van der Waals surface area contributed by atoms with Gasteiger partial charge in [-0.15, -0.1) is 0 Å². The molecule has 26 heavy (non-hydrogen) atoms. The quantitative estimate of drug-likeness (QED) is 0.710. The van der Waals surface area contributed by atoms with Crippen LogP contribution in [0.15, 0.2) is 30.3 Å². The number of aliphatic hydroxyl groups is 1. The van der Waals surface area contributed by atoms with E-state index in [9.17, 15) is 5.11 Å². The summed E-state index contributed by atoms with van der Waals surface area (Å²) >= 11 is 0. The maximum atomic E-state index is 10.2. The minimum absolute atomic E-state index is 0.388. The first-order valence-corrected chi connectivity index (χ1v) is 10.5. The van der Waals surface area contributed by atoms with Crippen molar-refractivity contribution in [2.45, 2.75) is 63.6 Å². The molecule has 2 N–H and O–H groups in total. The van der Waals surface area contributed by atoms with E-state index in [0.29, 0.717) is 19.2 Å². The maximum Gasteiger partial charge on any atom is 0.0897 e. The Labute approximate surface area is 158 Å². The zero-order valence-corrected chi connectivity index (χ0v) is 16.1. The van der Waals surface area contributed by atoms with Crippen LogP contribution in [0.2, 0.25) is 0 Å². The molecule has 2 fully saturated rings. The Hall–Kier alpha value is -0.940. The maximum absolute atomic E-state index is 10.2. The van der Waals surface area contributed by atoms with E-state index in [0.717, 1.165) is 45.0 Å². The highest BCUT2D eigenvalue weighted by atomic mass is 16.5. The highest BCUT2D eigenvalue weighted by molar-refractivity contribution is 5.14. The second-order valence-corrected chi connectivity index (χ2v) is 8.14. The van der Waals surface area contributed by atoms with Crippen LogP contribution in [0.25, 0.3) is 0 Å². The van der Waals surface area contributed by atoms with E-state index in [4.69, 9.17) is 4.74 Å². The molecule has 0 amide bonds. The summed E-state index contributed by atoms with van der Waals surface area (Å²) < 4.78 is 5.76. The summed E-state index contributed by atoms with van der Waals surface area (Å²) in [5.41, 5.74) is 1.39. The SMILES string of the molecule is OC(CNC1CCN(Cc2ccccc2)CC1)COCC1CCCCC1. The highest BCUT2D eigenvalue weighted by Gasteiger charge is 2.20. The smallest absolute Gasteiger partial charge is 0.0897 e. The Balaban J connectivity index is 1.24. The van der Waals surface area contributed by atoms with Gasteiger partial charge in [-0.3, -0.25) is 4.90 Å². The van der Waals surface area contributed by atoms with E-state index in [2.05, 4.69) is 40.5 Å². The third kappa shape index (κ3) is 6.99. The second kappa shape index (κ2) is 11.0. The van der Waals surface area contributed by atoms with E-state index in [-0.39, 0.29) is 6.10 Å². The summed E-state index contributed by atoms with van der Waals surface area (Å²) in [6, 6.07) is 11.2. The lowest BCUT2D eigenvalue weighted by Gasteiger charge is -2.33. The predicted molar refractivity (Wildman–Crippen MR) is 106 cm³/mol. The number of ether oxygens (including phenoxy) is 1. The third-order valence-corrected chi connectivity index (χ3v) is 5.87. The Morgan fingerprint density at radius 2 is 1.77 bits per heavy atom. The molecule has 4 heteroatoms. The van der Waals surface area contributed by atoms with Gasteiger partial charge in [0, 0.05) is 25.7 Å². The molecule has 1 aliphatic carbocycles. The van der Waals surface area contributed by atoms with Crippen molar-refractivity contribution in [3.63, 3.8) is 0 Å². The lowest BCUT2D eigenvalue weighted by atomic mass is 9.90. The van der Waals surface area contributed by atoms with Gasteiger partial charge in [-0.1, -0.05) is 49.6 Å². The van der Waals surface area contributed by atoms with Gasteiger partial charge >= 0.3 is 0 Å². The summed E-state index contributed by atoms with van der Waals surface area (Å²) in [4.78, 5) is 2.53. The van der Waals surface area contributed by atoms with Crippen molar-refractivity contribution in [1.82, 2.24) is 10.2 Å². The fraction of sp³-hybridized carbons (Fsp3) is 0.727. The van der Waals surface area contributed by atoms with Gasteiger partial charge in [0.1, 0.15) is 0 Å². The van der Waals surface area contributed by atoms with Gasteiger partial charge in [0.2, 0.25) is 0 Å². The van der Waals surface area contributed by atoms with Crippen LogP contribution in [0.3, 0.4) is 0 Å². The molecule has 1 saturated heterocycles. The first kappa shape index (κ1) is 19.8. The lowest BCUT2D eigenvalue weighted by Crippen LogP contribution is -2.45. The van der Waals surface area contributed by atoms with Crippen molar-refractivity contribution in [1.29, 1.82) is 0 Å². The van der Waals surface area contributed by atoms with Gasteiger partial charge in [-0.25, -0.2) is 0 Å². The predicted octanol–water partition coefficient (Wildman–Crippen LogP) is 3.20. The van der Waals surface area contributed by atoms with Crippen molar-refractivity contribution < 1.29 is 9.84 Å². The number of rotatable bonds is 9. The molecule has 0 bridgehead atoms. The Morgan fingerprint density at radius 1 is 1.04 bits per heavy atom. The van der Waals surface area contributed by atoms with Crippen LogP contribution < -0.4 is 5.32 Å². The molecule has 0 spiro atoms. The number of hydrogen-bond acceptors (Lipinski definition) is 4. The number of benzene rings is 1. The topological polar surface area (TPSA) is 44.7 Å². The summed E-state index contributed by atoms with van der Waals surface area (Å²) in [5, 5.41) is 13.7. The first-order valence-electron chi connectivity index (χ1n) is 10.5. The van der Waals surface area contributed by atoms with E-state index < -0.39 is 0 Å². The van der Waals surface area contributed by atoms with Gasteiger partial charge in [-0.2, -0.15) is 0 Å². The van der Waals surface area contributed by atoms with E-state index in [1.807, 2.05) is 0 Å². The second-order valence-electron chi connectivity index (χ2n) is 8.14.